The largest absolute Gasteiger partial charge is 0.0807 e. The number of hydrogen-bond acceptors (Lipinski definition) is 0. The number of rotatable bonds is 6. The molecule has 0 heteroatoms. The van der Waals surface area contributed by atoms with Crippen LogP contribution in [0, 0.1) is 11.8 Å². The summed E-state index contributed by atoms with van der Waals surface area (Å²) in [5, 5.41) is 0. The van der Waals surface area contributed by atoms with Crippen molar-refractivity contribution in [2.45, 2.75) is 40.0 Å². The third-order valence-electron chi connectivity index (χ3n) is 5.16. The smallest absolute Gasteiger partial charge is 0.00647 e. The lowest BCUT2D eigenvalue weighted by molar-refractivity contribution is 0.598. The fourth-order valence-electron chi connectivity index (χ4n) is 3.68. The Morgan fingerprint density at radius 2 is 1.54 bits per heavy atom. The molecule has 0 N–H and O–H groups in total. The maximum absolute atomic E-state index is 2.40. The number of allylic oxidation sites excluding steroid dienone is 6. The molecule has 1 aliphatic rings. The quantitative estimate of drug-likeness (QED) is 0.475. The third kappa shape index (κ3) is 4.64. The second kappa shape index (κ2) is 8.85. The van der Waals surface area contributed by atoms with E-state index in [-0.39, 0.29) is 0 Å². The van der Waals surface area contributed by atoms with E-state index in [0.717, 1.165) is 12.8 Å². The monoisotopic (exact) mass is 342 g/mol. The fourth-order valence-corrected chi connectivity index (χ4v) is 3.68. The van der Waals surface area contributed by atoms with Gasteiger partial charge in [-0.15, -0.1) is 0 Å². The maximum atomic E-state index is 2.40. The van der Waals surface area contributed by atoms with Gasteiger partial charge >= 0.3 is 0 Å². The molecule has 0 aromatic heterocycles. The molecular formula is C26H30. The summed E-state index contributed by atoms with van der Waals surface area (Å²) in [7, 11) is 0. The summed E-state index contributed by atoms with van der Waals surface area (Å²) in [4.78, 5) is 0. The van der Waals surface area contributed by atoms with E-state index < -0.39 is 0 Å². The number of benzene rings is 2. The highest BCUT2D eigenvalue weighted by Gasteiger charge is 2.20. The predicted molar refractivity (Wildman–Crippen MR) is 115 cm³/mol. The summed E-state index contributed by atoms with van der Waals surface area (Å²) in [6, 6.07) is 21.9. The minimum absolute atomic E-state index is 0.448. The molecule has 0 spiro atoms. The normalized spacial score (nSPS) is 17.8. The van der Waals surface area contributed by atoms with Gasteiger partial charge in [-0.1, -0.05) is 98.3 Å². The first-order valence-corrected chi connectivity index (χ1v) is 9.84. The zero-order valence-electron chi connectivity index (χ0n) is 16.3. The molecule has 0 aliphatic heterocycles. The van der Waals surface area contributed by atoms with Gasteiger partial charge in [0.05, 0.1) is 0 Å². The Balaban J connectivity index is 2.14. The van der Waals surface area contributed by atoms with E-state index >= 15 is 0 Å². The molecule has 0 bridgehead atoms. The molecule has 134 valence electrons. The summed E-state index contributed by atoms with van der Waals surface area (Å²) in [5.74, 6) is 1.15. The van der Waals surface area contributed by atoms with Crippen LogP contribution in [0.25, 0.3) is 11.1 Å². The first-order valence-electron chi connectivity index (χ1n) is 9.84. The summed E-state index contributed by atoms with van der Waals surface area (Å²) in [6.07, 6.45) is 10.5. The van der Waals surface area contributed by atoms with Gasteiger partial charge in [0.2, 0.25) is 0 Å². The minimum atomic E-state index is 0.448. The van der Waals surface area contributed by atoms with E-state index in [1.807, 2.05) is 0 Å². The standard InChI is InChI=1S/C26H30/c1-20(2)14-19-25(22-10-6-4-7-11-22)26(23-12-8-5-9-13-23)24-17-15-21(3)16-18-24/h4-13,15-17,20,24H,14,18-19H2,1-3H3/b26-25-. The average molecular weight is 343 g/mol. The highest BCUT2D eigenvalue weighted by molar-refractivity contribution is 5.92. The van der Waals surface area contributed by atoms with Gasteiger partial charge in [0, 0.05) is 5.92 Å². The van der Waals surface area contributed by atoms with Gasteiger partial charge in [0.15, 0.2) is 0 Å². The average Bonchev–Trinajstić information content (AvgIpc) is 2.67. The van der Waals surface area contributed by atoms with Crippen LogP contribution in [0.1, 0.15) is 51.2 Å². The zero-order chi connectivity index (χ0) is 18.4. The molecule has 3 rings (SSSR count). The Morgan fingerprint density at radius 3 is 2.08 bits per heavy atom. The second-order valence-electron chi connectivity index (χ2n) is 7.71. The fraction of sp³-hybridized carbons (Fsp3) is 0.308. The first-order chi connectivity index (χ1) is 12.6. The van der Waals surface area contributed by atoms with Crippen LogP contribution in [0.2, 0.25) is 0 Å². The van der Waals surface area contributed by atoms with Gasteiger partial charge in [0.25, 0.3) is 0 Å². The Labute approximate surface area is 159 Å². The lowest BCUT2D eigenvalue weighted by atomic mass is 9.80. The molecular weight excluding hydrogens is 312 g/mol. The molecule has 0 saturated heterocycles. The van der Waals surface area contributed by atoms with E-state index in [1.165, 1.54) is 34.3 Å². The molecule has 0 radical (unpaired) electrons. The van der Waals surface area contributed by atoms with Crippen LogP contribution in [-0.2, 0) is 0 Å². The van der Waals surface area contributed by atoms with Gasteiger partial charge in [-0.2, -0.15) is 0 Å². The molecule has 1 aliphatic carbocycles. The van der Waals surface area contributed by atoms with Crippen molar-refractivity contribution < 1.29 is 0 Å². The lowest BCUT2D eigenvalue weighted by Gasteiger charge is -2.25. The molecule has 0 saturated carbocycles. The number of hydrogen-bond donors (Lipinski definition) is 0. The van der Waals surface area contributed by atoms with E-state index in [2.05, 4.69) is 99.7 Å². The van der Waals surface area contributed by atoms with Crippen LogP contribution in [0.3, 0.4) is 0 Å². The van der Waals surface area contributed by atoms with Crippen molar-refractivity contribution in [3.05, 3.63) is 95.6 Å². The van der Waals surface area contributed by atoms with Gasteiger partial charge < -0.3 is 0 Å². The van der Waals surface area contributed by atoms with Crippen molar-refractivity contribution in [2.75, 3.05) is 0 Å². The van der Waals surface area contributed by atoms with Crippen molar-refractivity contribution in [3.8, 4) is 0 Å². The molecule has 0 nitrogen and oxygen atoms in total. The Bertz CT molecular complexity index is 788. The molecule has 0 heterocycles. The van der Waals surface area contributed by atoms with E-state index in [0.29, 0.717) is 11.8 Å². The van der Waals surface area contributed by atoms with Crippen LogP contribution in [0.5, 0.6) is 0 Å². The maximum Gasteiger partial charge on any atom is 0.00647 e. The summed E-state index contributed by atoms with van der Waals surface area (Å²) >= 11 is 0. The molecule has 26 heavy (non-hydrogen) atoms. The van der Waals surface area contributed by atoms with E-state index in [9.17, 15) is 0 Å². The SMILES string of the molecule is CC1=CCC(/C(=C(/CCC(C)C)c2ccccc2)c2ccccc2)C=C1. The van der Waals surface area contributed by atoms with Crippen molar-refractivity contribution in [2.24, 2.45) is 11.8 Å². The summed E-state index contributed by atoms with van der Waals surface area (Å²) < 4.78 is 0. The first kappa shape index (κ1) is 18.5. The van der Waals surface area contributed by atoms with E-state index in [4.69, 9.17) is 0 Å². The molecule has 1 unspecified atom stereocenters. The van der Waals surface area contributed by atoms with Crippen LogP contribution in [-0.4, -0.2) is 0 Å². The summed E-state index contributed by atoms with van der Waals surface area (Å²) in [6.45, 7) is 6.82. The highest BCUT2D eigenvalue weighted by atomic mass is 14.2. The Kier molecular flexibility index (Phi) is 6.28. The van der Waals surface area contributed by atoms with E-state index in [1.54, 1.807) is 0 Å². The molecule has 2 aromatic rings. The van der Waals surface area contributed by atoms with Crippen molar-refractivity contribution >= 4 is 11.1 Å². The minimum Gasteiger partial charge on any atom is -0.0807 e. The lowest BCUT2D eigenvalue weighted by Crippen LogP contribution is -2.07. The van der Waals surface area contributed by atoms with Crippen LogP contribution >= 0.6 is 0 Å². The molecule has 2 aromatic carbocycles. The zero-order valence-corrected chi connectivity index (χ0v) is 16.3. The van der Waals surface area contributed by atoms with Crippen LogP contribution in [0.4, 0.5) is 0 Å². The topological polar surface area (TPSA) is 0 Å². The molecule has 1 atom stereocenters. The third-order valence-corrected chi connectivity index (χ3v) is 5.16. The predicted octanol–water partition coefficient (Wildman–Crippen LogP) is 7.56. The van der Waals surface area contributed by atoms with Crippen molar-refractivity contribution in [1.29, 1.82) is 0 Å². The molecule has 0 fully saturated rings. The molecule has 0 amide bonds. The van der Waals surface area contributed by atoms with Gasteiger partial charge in [-0.25, -0.2) is 0 Å². The second-order valence-corrected chi connectivity index (χ2v) is 7.71. The highest BCUT2D eigenvalue weighted by Crippen LogP contribution is 2.39. The van der Waals surface area contributed by atoms with Crippen molar-refractivity contribution in [3.63, 3.8) is 0 Å². The summed E-state index contributed by atoms with van der Waals surface area (Å²) in [5.41, 5.74) is 7.10. The van der Waals surface area contributed by atoms with Gasteiger partial charge in [-0.05, 0) is 54.4 Å². The Hall–Kier alpha value is -2.34. The van der Waals surface area contributed by atoms with Crippen LogP contribution < -0.4 is 0 Å². The van der Waals surface area contributed by atoms with Crippen LogP contribution in [0.15, 0.2) is 84.5 Å². The Morgan fingerprint density at radius 1 is 0.923 bits per heavy atom. The van der Waals surface area contributed by atoms with Gasteiger partial charge in [0.1, 0.15) is 0 Å². The van der Waals surface area contributed by atoms with Gasteiger partial charge in [-0.3, -0.25) is 0 Å². The van der Waals surface area contributed by atoms with Crippen molar-refractivity contribution in [1.82, 2.24) is 0 Å².